The number of methoxy groups -OCH3 is 1. The number of hydrogen-bond donors (Lipinski definition) is 1. The van der Waals surface area contributed by atoms with E-state index < -0.39 is 0 Å². The summed E-state index contributed by atoms with van der Waals surface area (Å²) in [6, 6.07) is 16.5. The average Bonchev–Trinajstić information content (AvgIpc) is 3.27. The Labute approximate surface area is 186 Å². The molecule has 0 amide bonds. The van der Waals surface area contributed by atoms with Crippen LogP contribution in [0.25, 0.3) is 22.0 Å². The lowest BCUT2D eigenvalue weighted by atomic mass is 10.0. The van der Waals surface area contributed by atoms with E-state index in [-0.39, 0.29) is 0 Å². The van der Waals surface area contributed by atoms with E-state index in [2.05, 4.69) is 55.3 Å². The third kappa shape index (κ3) is 4.22. The summed E-state index contributed by atoms with van der Waals surface area (Å²) >= 11 is 5.96. The molecular formula is C24H24ClN5O. The number of H-pyrrole nitrogens is 1. The van der Waals surface area contributed by atoms with Gasteiger partial charge < -0.3 is 9.64 Å². The van der Waals surface area contributed by atoms with Gasteiger partial charge in [0.15, 0.2) is 0 Å². The molecule has 1 N–H and O–H groups in total. The fraction of sp³-hybridized carbons (Fsp3) is 0.250. The molecule has 1 aliphatic rings. The minimum atomic E-state index is 0.669. The molecule has 0 radical (unpaired) electrons. The number of hydrogen-bond acceptors (Lipinski definition) is 5. The number of benzene rings is 2. The van der Waals surface area contributed by atoms with Crippen LogP contribution in [-0.2, 0) is 6.54 Å². The summed E-state index contributed by atoms with van der Waals surface area (Å²) < 4.78 is 5.33. The van der Waals surface area contributed by atoms with Gasteiger partial charge in [-0.25, -0.2) is 4.98 Å². The van der Waals surface area contributed by atoms with Gasteiger partial charge in [0.05, 0.1) is 24.0 Å². The zero-order valence-electron chi connectivity index (χ0n) is 17.4. The first-order valence-corrected chi connectivity index (χ1v) is 10.8. The van der Waals surface area contributed by atoms with Crippen molar-refractivity contribution in [1.29, 1.82) is 0 Å². The number of nitrogens with one attached hydrogen (secondary N) is 1. The van der Waals surface area contributed by atoms with Gasteiger partial charge >= 0.3 is 0 Å². The Morgan fingerprint density at radius 2 is 1.77 bits per heavy atom. The maximum absolute atomic E-state index is 5.96. The first-order chi connectivity index (χ1) is 15.2. The van der Waals surface area contributed by atoms with Crippen LogP contribution in [0.1, 0.15) is 5.56 Å². The van der Waals surface area contributed by atoms with Gasteiger partial charge in [0.1, 0.15) is 11.6 Å². The van der Waals surface area contributed by atoms with E-state index >= 15 is 0 Å². The molecule has 5 rings (SSSR count). The fourth-order valence-corrected chi connectivity index (χ4v) is 4.23. The van der Waals surface area contributed by atoms with Crippen molar-refractivity contribution >= 4 is 28.2 Å². The number of aromatic amines is 1. The second-order valence-corrected chi connectivity index (χ2v) is 8.23. The lowest BCUT2D eigenvalue weighted by molar-refractivity contribution is 0.249. The molecule has 7 heteroatoms. The Kier molecular flexibility index (Phi) is 5.49. The monoisotopic (exact) mass is 433 g/mol. The van der Waals surface area contributed by atoms with E-state index in [1.165, 1.54) is 10.9 Å². The van der Waals surface area contributed by atoms with Gasteiger partial charge in [-0.05, 0) is 41.1 Å². The Morgan fingerprint density at radius 3 is 2.55 bits per heavy atom. The summed E-state index contributed by atoms with van der Waals surface area (Å²) in [5.74, 6) is 1.86. The van der Waals surface area contributed by atoms with Gasteiger partial charge in [-0.3, -0.25) is 10.00 Å². The Balaban J connectivity index is 1.29. The van der Waals surface area contributed by atoms with Gasteiger partial charge in [-0.2, -0.15) is 5.10 Å². The number of ether oxygens (including phenoxy) is 1. The zero-order chi connectivity index (χ0) is 21.2. The van der Waals surface area contributed by atoms with Crippen LogP contribution in [-0.4, -0.2) is 53.4 Å². The number of piperazine rings is 1. The summed E-state index contributed by atoms with van der Waals surface area (Å²) in [7, 11) is 1.69. The molecule has 0 bridgehead atoms. The SMILES string of the molecule is COc1ccc2cc(-c3[nH]ncc3CN3CCN(c4ccc(Cl)cn4)CC3)ccc2c1. The molecule has 2 aromatic heterocycles. The summed E-state index contributed by atoms with van der Waals surface area (Å²) in [6.07, 6.45) is 3.65. The minimum Gasteiger partial charge on any atom is -0.497 e. The van der Waals surface area contributed by atoms with E-state index in [0.29, 0.717) is 5.02 Å². The molecule has 6 nitrogen and oxygen atoms in total. The standard InChI is InChI=1S/C24H24ClN5O/c1-31-22-6-4-17-12-19(3-2-18(17)13-22)24-20(14-27-28-24)16-29-8-10-30(11-9-29)23-7-5-21(25)15-26-23/h2-7,12-15H,8-11,16H2,1H3,(H,27,28). The fourth-order valence-electron chi connectivity index (χ4n) is 4.12. The first kappa shape index (κ1) is 19.8. The van der Waals surface area contributed by atoms with E-state index in [0.717, 1.165) is 60.9 Å². The molecule has 1 aliphatic heterocycles. The molecule has 1 saturated heterocycles. The molecule has 2 aromatic carbocycles. The van der Waals surface area contributed by atoms with Crippen molar-refractivity contribution in [2.24, 2.45) is 0 Å². The second kappa shape index (κ2) is 8.57. The van der Waals surface area contributed by atoms with Gasteiger partial charge in [-0.15, -0.1) is 0 Å². The highest BCUT2D eigenvalue weighted by Gasteiger charge is 2.20. The number of aromatic nitrogens is 3. The van der Waals surface area contributed by atoms with Gasteiger partial charge in [-0.1, -0.05) is 29.8 Å². The normalized spacial score (nSPS) is 14.8. The number of rotatable bonds is 5. The number of pyridine rings is 1. The van der Waals surface area contributed by atoms with Crippen LogP contribution in [0, 0.1) is 0 Å². The molecule has 0 aliphatic carbocycles. The zero-order valence-corrected chi connectivity index (χ0v) is 18.1. The Hall–Kier alpha value is -3.09. The molecule has 158 valence electrons. The predicted molar refractivity (Wildman–Crippen MR) is 125 cm³/mol. The van der Waals surface area contributed by atoms with E-state index in [1.54, 1.807) is 13.3 Å². The van der Waals surface area contributed by atoms with E-state index in [4.69, 9.17) is 16.3 Å². The van der Waals surface area contributed by atoms with Crippen LogP contribution >= 0.6 is 11.6 Å². The number of fused-ring (bicyclic) bond motifs is 1. The second-order valence-electron chi connectivity index (χ2n) is 7.80. The Morgan fingerprint density at radius 1 is 0.968 bits per heavy atom. The lowest BCUT2D eigenvalue weighted by Crippen LogP contribution is -2.46. The quantitative estimate of drug-likeness (QED) is 0.498. The number of anilines is 1. The molecule has 0 spiro atoms. The summed E-state index contributed by atoms with van der Waals surface area (Å²) in [6.45, 7) is 4.71. The lowest BCUT2D eigenvalue weighted by Gasteiger charge is -2.35. The van der Waals surface area contributed by atoms with Crippen LogP contribution in [0.5, 0.6) is 5.75 Å². The van der Waals surface area contributed by atoms with Crippen LogP contribution in [0.2, 0.25) is 5.02 Å². The maximum Gasteiger partial charge on any atom is 0.128 e. The van der Waals surface area contributed by atoms with Crippen LogP contribution in [0.3, 0.4) is 0 Å². The van der Waals surface area contributed by atoms with Gasteiger partial charge in [0.2, 0.25) is 0 Å². The van der Waals surface area contributed by atoms with E-state index in [9.17, 15) is 0 Å². The maximum atomic E-state index is 5.96. The van der Waals surface area contributed by atoms with Gasteiger partial charge in [0, 0.05) is 50.0 Å². The van der Waals surface area contributed by atoms with Crippen LogP contribution in [0.4, 0.5) is 5.82 Å². The van der Waals surface area contributed by atoms with Crippen molar-refractivity contribution < 1.29 is 4.74 Å². The largest absolute Gasteiger partial charge is 0.497 e. The number of halogens is 1. The molecule has 31 heavy (non-hydrogen) atoms. The molecular weight excluding hydrogens is 410 g/mol. The summed E-state index contributed by atoms with van der Waals surface area (Å²) in [5.41, 5.74) is 3.44. The van der Waals surface area contributed by atoms with Gasteiger partial charge in [0.25, 0.3) is 0 Å². The highest BCUT2D eigenvalue weighted by atomic mass is 35.5. The van der Waals surface area contributed by atoms with Crippen molar-refractivity contribution in [1.82, 2.24) is 20.1 Å². The summed E-state index contributed by atoms with van der Waals surface area (Å²) in [4.78, 5) is 9.22. The van der Waals surface area contributed by atoms with Crippen molar-refractivity contribution in [2.75, 3.05) is 38.2 Å². The predicted octanol–water partition coefficient (Wildman–Crippen LogP) is 4.61. The van der Waals surface area contributed by atoms with Crippen molar-refractivity contribution in [3.8, 4) is 17.0 Å². The third-order valence-electron chi connectivity index (χ3n) is 5.86. The highest BCUT2D eigenvalue weighted by Crippen LogP contribution is 2.28. The smallest absolute Gasteiger partial charge is 0.128 e. The Bertz CT molecular complexity index is 1180. The van der Waals surface area contributed by atoms with E-state index in [1.807, 2.05) is 24.4 Å². The highest BCUT2D eigenvalue weighted by molar-refractivity contribution is 6.30. The molecule has 0 saturated carbocycles. The topological polar surface area (TPSA) is 57.3 Å². The minimum absolute atomic E-state index is 0.669. The summed E-state index contributed by atoms with van der Waals surface area (Å²) in [5, 5.41) is 10.6. The molecule has 0 unspecified atom stereocenters. The molecule has 0 atom stereocenters. The molecule has 1 fully saturated rings. The first-order valence-electron chi connectivity index (χ1n) is 10.4. The molecule has 4 aromatic rings. The molecule has 3 heterocycles. The van der Waals surface area contributed by atoms with Crippen molar-refractivity contribution in [3.05, 3.63) is 71.5 Å². The third-order valence-corrected chi connectivity index (χ3v) is 6.08. The van der Waals surface area contributed by atoms with Crippen LogP contribution in [0.15, 0.2) is 60.9 Å². The number of nitrogens with zero attached hydrogens (tertiary/aromatic N) is 4. The van der Waals surface area contributed by atoms with Crippen molar-refractivity contribution in [3.63, 3.8) is 0 Å². The van der Waals surface area contributed by atoms with Crippen molar-refractivity contribution in [2.45, 2.75) is 6.54 Å². The van der Waals surface area contributed by atoms with Crippen LogP contribution < -0.4 is 9.64 Å². The average molecular weight is 434 g/mol.